The van der Waals surface area contributed by atoms with Crippen molar-refractivity contribution in [2.45, 2.75) is 45.6 Å². The molecule has 0 aliphatic carbocycles. The molecule has 4 heteroatoms. The van der Waals surface area contributed by atoms with Crippen LogP contribution in [0.2, 0.25) is 5.02 Å². The van der Waals surface area contributed by atoms with Crippen molar-refractivity contribution in [2.75, 3.05) is 6.54 Å². The topological polar surface area (TPSA) is 20.3 Å². The third kappa shape index (κ3) is 4.25. The normalized spacial score (nSPS) is 18.9. The molecule has 1 saturated heterocycles. The van der Waals surface area contributed by atoms with Crippen molar-refractivity contribution in [1.82, 2.24) is 4.90 Å². The van der Waals surface area contributed by atoms with E-state index in [-0.39, 0.29) is 11.4 Å². The lowest BCUT2D eigenvalue weighted by Crippen LogP contribution is -2.54. The predicted molar refractivity (Wildman–Crippen MR) is 118 cm³/mol. The molecule has 0 aromatic heterocycles. The van der Waals surface area contributed by atoms with E-state index in [0.29, 0.717) is 34.9 Å². The smallest absolute Gasteiger partial charge is 0.247 e. The second-order valence-corrected chi connectivity index (χ2v) is 9.00. The van der Waals surface area contributed by atoms with Gasteiger partial charge in [0.2, 0.25) is 5.91 Å². The number of hydrogen-bond donors (Lipinski definition) is 0. The highest BCUT2D eigenvalue weighted by molar-refractivity contribution is 6.30. The van der Waals surface area contributed by atoms with Crippen LogP contribution in [0.25, 0.3) is 6.08 Å². The first-order valence-electron chi connectivity index (χ1n) is 10.3. The molecule has 2 aromatic rings. The number of hydrogen-bond acceptors (Lipinski definition) is 1. The van der Waals surface area contributed by atoms with Gasteiger partial charge in [-0.25, -0.2) is 4.39 Å². The van der Waals surface area contributed by atoms with E-state index in [9.17, 15) is 9.18 Å². The highest BCUT2D eigenvalue weighted by Crippen LogP contribution is 2.47. The van der Waals surface area contributed by atoms with E-state index < -0.39 is 5.82 Å². The van der Waals surface area contributed by atoms with Gasteiger partial charge in [-0.3, -0.25) is 4.79 Å². The Morgan fingerprint density at radius 1 is 1.14 bits per heavy atom. The lowest BCUT2D eigenvalue weighted by molar-refractivity contribution is -0.133. The van der Waals surface area contributed by atoms with E-state index in [1.807, 2.05) is 11.0 Å². The fourth-order valence-electron chi connectivity index (χ4n) is 4.85. The Kier molecular flexibility index (Phi) is 6.48. The standard InChI is InChI=1S/C25H29ClFNO/c1-17(2)25(18(3)4)15-21(19-8-6-5-7-9-19)16-28(25)24(29)13-11-20-10-12-22(26)14-23(20)27/h5-14,17-18,21H,15-16H2,1-4H3/b13-11+. The molecular formula is C25H29ClFNO. The van der Waals surface area contributed by atoms with Crippen molar-refractivity contribution in [3.63, 3.8) is 0 Å². The molecule has 0 spiro atoms. The van der Waals surface area contributed by atoms with Gasteiger partial charge in [-0.2, -0.15) is 0 Å². The molecule has 1 aliphatic heterocycles. The van der Waals surface area contributed by atoms with Crippen molar-refractivity contribution in [2.24, 2.45) is 11.8 Å². The Morgan fingerprint density at radius 2 is 1.79 bits per heavy atom. The third-order valence-corrected chi connectivity index (χ3v) is 6.62. The molecule has 0 bridgehead atoms. The Hall–Kier alpha value is -2.13. The number of halogens is 2. The van der Waals surface area contributed by atoms with E-state index >= 15 is 0 Å². The van der Waals surface area contributed by atoms with E-state index in [4.69, 9.17) is 11.6 Å². The average Bonchev–Trinajstić information content (AvgIpc) is 3.10. The van der Waals surface area contributed by atoms with Crippen LogP contribution in [0.1, 0.15) is 51.2 Å². The molecule has 1 heterocycles. The summed E-state index contributed by atoms with van der Waals surface area (Å²) in [5.74, 6) is 0.413. The Bertz CT molecular complexity index is 883. The van der Waals surface area contributed by atoms with Gasteiger partial charge >= 0.3 is 0 Å². The molecule has 2 aromatic carbocycles. The van der Waals surface area contributed by atoms with Crippen LogP contribution in [-0.2, 0) is 4.79 Å². The minimum Gasteiger partial charge on any atom is -0.332 e. The minimum absolute atomic E-state index is 0.0693. The summed E-state index contributed by atoms with van der Waals surface area (Å²) >= 11 is 5.83. The molecule has 2 nitrogen and oxygen atoms in total. The van der Waals surface area contributed by atoms with Crippen LogP contribution in [0.15, 0.2) is 54.6 Å². The zero-order valence-corrected chi connectivity index (χ0v) is 18.3. The quantitative estimate of drug-likeness (QED) is 0.508. The fourth-order valence-corrected chi connectivity index (χ4v) is 5.01. The molecule has 29 heavy (non-hydrogen) atoms. The number of benzene rings is 2. The van der Waals surface area contributed by atoms with Crippen LogP contribution in [0, 0.1) is 17.7 Å². The van der Waals surface area contributed by atoms with E-state index in [1.54, 1.807) is 18.2 Å². The maximum atomic E-state index is 14.1. The number of rotatable bonds is 5. The molecule has 3 rings (SSSR count). The molecule has 1 atom stereocenters. The van der Waals surface area contributed by atoms with Crippen molar-refractivity contribution >= 4 is 23.6 Å². The molecule has 0 saturated carbocycles. The lowest BCUT2D eigenvalue weighted by atomic mass is 9.73. The van der Waals surface area contributed by atoms with Crippen molar-refractivity contribution in [3.05, 3.63) is 76.6 Å². The summed E-state index contributed by atoms with van der Waals surface area (Å²) in [5.41, 5.74) is 1.39. The van der Waals surface area contributed by atoms with Crippen LogP contribution in [-0.4, -0.2) is 22.9 Å². The monoisotopic (exact) mass is 413 g/mol. The molecule has 154 valence electrons. The number of carbonyl (C=O) groups excluding carboxylic acids is 1. The van der Waals surface area contributed by atoms with Crippen LogP contribution < -0.4 is 0 Å². The first-order chi connectivity index (χ1) is 13.8. The average molecular weight is 414 g/mol. The van der Waals surface area contributed by atoms with Gasteiger partial charge in [0.15, 0.2) is 0 Å². The van der Waals surface area contributed by atoms with Crippen molar-refractivity contribution in [1.29, 1.82) is 0 Å². The zero-order chi connectivity index (χ0) is 21.2. The summed E-state index contributed by atoms with van der Waals surface area (Å²) in [4.78, 5) is 15.3. The predicted octanol–water partition coefficient (Wildman–Crippen LogP) is 6.56. The molecule has 0 radical (unpaired) electrons. The first-order valence-corrected chi connectivity index (χ1v) is 10.6. The van der Waals surface area contributed by atoms with Gasteiger partial charge in [0.05, 0.1) is 0 Å². The number of carbonyl (C=O) groups is 1. The Labute approximate surface area is 178 Å². The second-order valence-electron chi connectivity index (χ2n) is 8.56. The summed E-state index contributed by atoms with van der Waals surface area (Å²) in [6.07, 6.45) is 3.98. The number of amides is 1. The number of nitrogens with zero attached hydrogens (tertiary/aromatic N) is 1. The van der Waals surface area contributed by atoms with Gasteiger partial charge in [0, 0.05) is 34.7 Å². The Balaban J connectivity index is 1.92. The van der Waals surface area contributed by atoms with Gasteiger partial charge in [-0.05, 0) is 42.0 Å². The SMILES string of the molecule is CC(C)C1(C(C)C)CC(c2ccccc2)CN1C(=O)/C=C/c1ccc(Cl)cc1F. The van der Waals surface area contributed by atoms with Gasteiger partial charge < -0.3 is 4.90 Å². The maximum absolute atomic E-state index is 14.1. The van der Waals surface area contributed by atoms with Crippen LogP contribution in [0.4, 0.5) is 4.39 Å². The first kappa shape index (κ1) is 21.6. The minimum atomic E-state index is -0.427. The van der Waals surface area contributed by atoms with E-state index in [2.05, 4.69) is 52.0 Å². The van der Waals surface area contributed by atoms with E-state index in [1.165, 1.54) is 17.7 Å². The molecule has 1 amide bonds. The summed E-state index contributed by atoms with van der Waals surface area (Å²) in [5, 5.41) is 0.342. The zero-order valence-electron chi connectivity index (χ0n) is 17.5. The molecular weight excluding hydrogens is 385 g/mol. The Morgan fingerprint density at radius 3 is 2.38 bits per heavy atom. The van der Waals surface area contributed by atoms with Crippen molar-refractivity contribution in [3.8, 4) is 0 Å². The van der Waals surface area contributed by atoms with Crippen molar-refractivity contribution < 1.29 is 9.18 Å². The molecule has 0 N–H and O–H groups in total. The molecule has 1 fully saturated rings. The van der Waals surface area contributed by atoms with Gasteiger partial charge in [-0.1, -0.05) is 75.7 Å². The third-order valence-electron chi connectivity index (χ3n) is 6.38. The summed E-state index contributed by atoms with van der Waals surface area (Å²) in [6, 6.07) is 14.9. The highest BCUT2D eigenvalue weighted by Gasteiger charge is 2.51. The summed E-state index contributed by atoms with van der Waals surface area (Å²) in [7, 11) is 0. The van der Waals surface area contributed by atoms with Crippen LogP contribution in [0.5, 0.6) is 0 Å². The number of likely N-dealkylation sites (tertiary alicyclic amines) is 1. The van der Waals surface area contributed by atoms with E-state index in [0.717, 1.165) is 6.42 Å². The van der Waals surface area contributed by atoms with Crippen LogP contribution in [0.3, 0.4) is 0 Å². The second kappa shape index (κ2) is 8.71. The molecule has 1 aliphatic rings. The maximum Gasteiger partial charge on any atom is 0.247 e. The fraction of sp³-hybridized carbons (Fsp3) is 0.400. The van der Waals surface area contributed by atoms with Gasteiger partial charge in [0.1, 0.15) is 5.82 Å². The summed E-state index contributed by atoms with van der Waals surface area (Å²) < 4.78 is 14.1. The highest BCUT2D eigenvalue weighted by atomic mass is 35.5. The van der Waals surface area contributed by atoms with Crippen LogP contribution >= 0.6 is 11.6 Å². The van der Waals surface area contributed by atoms with Gasteiger partial charge in [0.25, 0.3) is 0 Å². The summed E-state index contributed by atoms with van der Waals surface area (Å²) in [6.45, 7) is 9.44. The lowest BCUT2D eigenvalue weighted by Gasteiger charge is -2.45. The largest absolute Gasteiger partial charge is 0.332 e. The molecule has 1 unspecified atom stereocenters. The van der Waals surface area contributed by atoms with Gasteiger partial charge in [-0.15, -0.1) is 0 Å².